The van der Waals surface area contributed by atoms with Crippen molar-refractivity contribution in [3.05, 3.63) is 41.8 Å². The van der Waals surface area contributed by atoms with Crippen LogP contribution in [0.1, 0.15) is 6.42 Å². The van der Waals surface area contributed by atoms with Crippen molar-refractivity contribution in [1.82, 2.24) is 0 Å². The van der Waals surface area contributed by atoms with Gasteiger partial charge in [0.25, 0.3) is 0 Å². The third-order valence-corrected chi connectivity index (χ3v) is 3.49. The van der Waals surface area contributed by atoms with Gasteiger partial charge >= 0.3 is 0 Å². The Morgan fingerprint density at radius 2 is 2.10 bits per heavy atom. The van der Waals surface area contributed by atoms with Gasteiger partial charge in [0.2, 0.25) is 0 Å². The molecule has 1 aliphatic carbocycles. The van der Waals surface area contributed by atoms with Gasteiger partial charge in [0.15, 0.2) is 4.90 Å². The summed E-state index contributed by atoms with van der Waals surface area (Å²) in [5, 5.41) is 0. The number of ether oxygens (including phenoxy) is 1. The minimum Gasteiger partial charge on any atom is -0.495 e. The number of anilines is 1. The summed E-state index contributed by atoms with van der Waals surface area (Å²) in [7, 11) is 5.63. The van der Waals surface area contributed by atoms with E-state index in [1.807, 2.05) is 49.3 Å². The van der Waals surface area contributed by atoms with Crippen molar-refractivity contribution in [2.45, 2.75) is 11.3 Å². The molecule has 0 amide bonds. The van der Waals surface area contributed by atoms with Gasteiger partial charge in [-0.15, -0.1) is 0 Å². The van der Waals surface area contributed by atoms with Crippen LogP contribution in [0.2, 0.25) is 0 Å². The summed E-state index contributed by atoms with van der Waals surface area (Å²) in [6, 6.07) is 6.08. The highest BCUT2D eigenvalue weighted by atomic mass is 32.1. The Morgan fingerprint density at radius 3 is 2.70 bits per heavy atom. The summed E-state index contributed by atoms with van der Waals surface area (Å²) in [5.74, 6) is 0.662. The summed E-state index contributed by atoms with van der Waals surface area (Å²) in [6.45, 7) is 0. The lowest BCUT2D eigenvalue weighted by Crippen LogP contribution is -2.11. The number of nitrogens with zero attached hydrogens (tertiary/aromatic N) is 2. The zero-order valence-electron chi connectivity index (χ0n) is 12.0. The summed E-state index contributed by atoms with van der Waals surface area (Å²) >= 11 is 3.62. The van der Waals surface area contributed by atoms with Crippen molar-refractivity contribution >= 4 is 29.7 Å². The van der Waals surface area contributed by atoms with E-state index < -0.39 is 0 Å². The first-order valence-electron chi connectivity index (χ1n) is 6.33. The Bertz CT molecular complexity index is 603. The van der Waals surface area contributed by atoms with Gasteiger partial charge in [0.1, 0.15) is 11.4 Å². The predicted octanol–water partition coefficient (Wildman–Crippen LogP) is 1.97. The number of methoxy groups -OCH3 is 1. The summed E-state index contributed by atoms with van der Waals surface area (Å²) in [5.41, 5.74) is 9.43. The molecule has 0 saturated heterocycles. The zero-order chi connectivity index (χ0) is 14.7. The highest BCUT2D eigenvalue weighted by Crippen LogP contribution is 2.26. The van der Waals surface area contributed by atoms with Crippen LogP contribution in [0.3, 0.4) is 0 Å². The van der Waals surface area contributed by atoms with Crippen LogP contribution in [0.5, 0.6) is 0 Å². The normalized spacial score (nSPS) is 16.7. The van der Waals surface area contributed by atoms with Crippen molar-refractivity contribution in [1.29, 1.82) is 0 Å². The van der Waals surface area contributed by atoms with Crippen molar-refractivity contribution in [2.24, 2.45) is 10.7 Å². The maximum absolute atomic E-state index is 5.83. The lowest BCUT2D eigenvalue weighted by molar-refractivity contribution is 0.299. The standard InChI is InChI=1S/C15H19N3OS/c1-18(2)11-5-7-13(15(20)9-11)17-10-4-6-12(16)14(8-10)19-3/h5-9,20H,4,16H2,1-3H3/p+1. The molecule has 0 heterocycles. The molecule has 20 heavy (non-hydrogen) atoms. The fourth-order valence-electron chi connectivity index (χ4n) is 1.92. The molecule has 0 atom stereocenters. The Balaban J connectivity index is 2.30. The number of hydrogen-bond acceptors (Lipinski definition) is 4. The van der Waals surface area contributed by atoms with E-state index in [9.17, 15) is 0 Å². The van der Waals surface area contributed by atoms with Crippen LogP contribution in [0, 0.1) is 0 Å². The maximum Gasteiger partial charge on any atom is 0.178 e. The highest BCUT2D eigenvalue weighted by molar-refractivity contribution is 7.59. The maximum atomic E-state index is 5.83. The molecule has 106 valence electrons. The van der Waals surface area contributed by atoms with E-state index in [0.717, 1.165) is 22.0 Å². The number of rotatable bonds is 3. The fraction of sp³-hybridized carbons (Fsp3) is 0.267. The number of allylic oxidation sites excluding steroid dienone is 2. The highest BCUT2D eigenvalue weighted by Gasteiger charge is 2.12. The molecule has 1 aliphatic rings. The third kappa shape index (κ3) is 3.17. The van der Waals surface area contributed by atoms with Gasteiger partial charge in [-0.3, -0.25) is 0 Å². The molecule has 0 aromatic heterocycles. The second kappa shape index (κ2) is 6.05. The number of hydrogen-bond donors (Lipinski definition) is 1. The molecule has 1 aromatic rings. The van der Waals surface area contributed by atoms with Crippen molar-refractivity contribution in [2.75, 3.05) is 26.1 Å². The van der Waals surface area contributed by atoms with E-state index in [1.54, 1.807) is 7.11 Å². The van der Waals surface area contributed by atoms with E-state index in [-0.39, 0.29) is 0 Å². The lowest BCUT2D eigenvalue weighted by Gasteiger charge is -2.13. The molecule has 1 aromatic carbocycles. The molecule has 2 rings (SSSR count). The first-order chi connectivity index (χ1) is 9.51. The van der Waals surface area contributed by atoms with Gasteiger partial charge < -0.3 is 15.4 Å². The van der Waals surface area contributed by atoms with Crippen LogP contribution in [0.25, 0.3) is 0 Å². The summed E-state index contributed by atoms with van der Waals surface area (Å²) in [4.78, 5) is 7.65. The molecule has 0 spiro atoms. The Morgan fingerprint density at radius 1 is 1.35 bits per heavy atom. The summed E-state index contributed by atoms with van der Waals surface area (Å²) in [6.07, 6.45) is 4.50. The SMILES string of the molecule is COC1=CC(=Nc2ccc(N(C)C)cc2[SH2+])CC=C1N. The van der Waals surface area contributed by atoms with Crippen LogP contribution in [-0.4, -0.2) is 26.9 Å². The van der Waals surface area contributed by atoms with Crippen LogP contribution >= 0.6 is 0 Å². The molecule has 0 aliphatic heterocycles. The molecule has 4 nitrogen and oxygen atoms in total. The molecule has 0 unspecified atom stereocenters. The molecule has 0 radical (unpaired) electrons. The van der Waals surface area contributed by atoms with Gasteiger partial charge in [0.05, 0.1) is 12.8 Å². The van der Waals surface area contributed by atoms with Crippen molar-refractivity contribution < 1.29 is 4.74 Å². The number of aliphatic imine (C=N–C) groups is 1. The van der Waals surface area contributed by atoms with E-state index >= 15 is 0 Å². The number of nitrogens with two attached hydrogens (primary N) is 1. The molecule has 0 bridgehead atoms. The second-order valence-corrected chi connectivity index (χ2v) is 5.31. The smallest absolute Gasteiger partial charge is 0.178 e. The Kier molecular flexibility index (Phi) is 4.39. The lowest BCUT2D eigenvalue weighted by atomic mass is 10.1. The van der Waals surface area contributed by atoms with Crippen LogP contribution in [0.15, 0.2) is 51.7 Å². The van der Waals surface area contributed by atoms with Gasteiger partial charge in [-0.2, -0.15) is 0 Å². The number of benzene rings is 1. The average Bonchev–Trinajstić information content (AvgIpc) is 2.42. The minimum atomic E-state index is 0.660. The zero-order valence-corrected chi connectivity index (χ0v) is 13.0. The van der Waals surface area contributed by atoms with E-state index in [2.05, 4.69) is 17.6 Å². The van der Waals surface area contributed by atoms with Gasteiger partial charge in [-0.05, 0) is 24.8 Å². The van der Waals surface area contributed by atoms with E-state index in [0.29, 0.717) is 17.9 Å². The molecule has 0 fully saturated rings. The monoisotopic (exact) mass is 290 g/mol. The Hall–Kier alpha value is -1.88. The largest absolute Gasteiger partial charge is 0.495 e. The first-order valence-corrected chi connectivity index (χ1v) is 6.83. The minimum absolute atomic E-state index is 0.660. The molecular weight excluding hydrogens is 270 g/mol. The molecule has 0 saturated carbocycles. The second-order valence-electron chi connectivity index (χ2n) is 4.78. The van der Waals surface area contributed by atoms with Crippen LogP contribution in [0.4, 0.5) is 11.4 Å². The van der Waals surface area contributed by atoms with Crippen molar-refractivity contribution in [3.63, 3.8) is 0 Å². The van der Waals surface area contributed by atoms with E-state index in [4.69, 9.17) is 10.5 Å². The molecule has 2 N–H and O–H groups in total. The Labute approximate surface area is 125 Å². The molecular formula is C15H20N3OS+. The van der Waals surface area contributed by atoms with Gasteiger partial charge in [-0.25, -0.2) is 4.99 Å². The summed E-state index contributed by atoms with van der Waals surface area (Å²) < 4.78 is 5.22. The quantitative estimate of drug-likeness (QED) is 0.866. The third-order valence-electron chi connectivity index (χ3n) is 3.09. The van der Waals surface area contributed by atoms with E-state index in [1.165, 1.54) is 0 Å². The van der Waals surface area contributed by atoms with Gasteiger partial charge in [0, 0.05) is 44.1 Å². The fourth-order valence-corrected chi connectivity index (χ4v) is 2.20. The topological polar surface area (TPSA) is 50.8 Å². The van der Waals surface area contributed by atoms with Crippen LogP contribution in [-0.2, 0) is 17.4 Å². The van der Waals surface area contributed by atoms with Crippen LogP contribution < -0.4 is 10.6 Å². The average molecular weight is 290 g/mol. The van der Waals surface area contributed by atoms with Crippen molar-refractivity contribution in [3.8, 4) is 0 Å². The first kappa shape index (κ1) is 14.5. The molecule has 5 heteroatoms. The predicted molar refractivity (Wildman–Crippen MR) is 88.3 cm³/mol. The van der Waals surface area contributed by atoms with Gasteiger partial charge in [-0.1, -0.05) is 6.08 Å².